The fourth-order valence-corrected chi connectivity index (χ4v) is 1.68. The van der Waals surface area contributed by atoms with E-state index in [1.807, 2.05) is 26.0 Å². The zero-order chi connectivity index (χ0) is 10.8. The van der Waals surface area contributed by atoms with Crippen molar-refractivity contribution in [1.29, 1.82) is 0 Å². The Morgan fingerprint density at radius 2 is 2.00 bits per heavy atom. The van der Waals surface area contributed by atoms with Gasteiger partial charge in [-0.25, -0.2) is 9.97 Å². The van der Waals surface area contributed by atoms with Crippen LogP contribution >= 0.6 is 11.6 Å². The van der Waals surface area contributed by atoms with Crippen LogP contribution in [0, 0.1) is 13.8 Å². The maximum absolute atomic E-state index is 5.77. The lowest BCUT2D eigenvalue weighted by atomic mass is 10.2. The van der Waals surface area contributed by atoms with E-state index in [9.17, 15) is 0 Å². The average molecular weight is 223 g/mol. The van der Waals surface area contributed by atoms with Crippen LogP contribution in [0.5, 0.6) is 0 Å². The van der Waals surface area contributed by atoms with Gasteiger partial charge in [-0.2, -0.15) is 5.10 Å². The second kappa shape index (κ2) is 3.98. The number of H-pyrrole nitrogens is 1. The van der Waals surface area contributed by atoms with Crippen LogP contribution in [0.3, 0.4) is 0 Å². The van der Waals surface area contributed by atoms with Crippen molar-refractivity contribution in [2.45, 2.75) is 20.3 Å². The van der Waals surface area contributed by atoms with Crippen molar-refractivity contribution in [2.75, 3.05) is 0 Å². The number of hydrogen-bond donors (Lipinski definition) is 1. The molecule has 0 saturated carbocycles. The quantitative estimate of drug-likeness (QED) is 0.792. The Hall–Kier alpha value is -1.42. The molecule has 78 valence electrons. The molecule has 1 N–H and O–H groups in total. The monoisotopic (exact) mass is 222 g/mol. The van der Waals surface area contributed by atoms with Crippen molar-refractivity contribution in [2.24, 2.45) is 0 Å². The van der Waals surface area contributed by atoms with E-state index in [-0.39, 0.29) is 5.28 Å². The molecule has 0 bridgehead atoms. The summed E-state index contributed by atoms with van der Waals surface area (Å²) in [7, 11) is 0. The lowest BCUT2D eigenvalue weighted by Gasteiger charge is -1.99. The molecule has 0 fully saturated rings. The van der Waals surface area contributed by atoms with Crippen LogP contribution in [0.25, 0.3) is 0 Å². The molecule has 0 unspecified atom stereocenters. The van der Waals surface area contributed by atoms with E-state index in [0.29, 0.717) is 6.42 Å². The molecular weight excluding hydrogens is 212 g/mol. The van der Waals surface area contributed by atoms with Crippen LogP contribution in [0.2, 0.25) is 5.28 Å². The molecule has 0 amide bonds. The van der Waals surface area contributed by atoms with E-state index >= 15 is 0 Å². The minimum Gasteiger partial charge on any atom is -0.283 e. The van der Waals surface area contributed by atoms with Crippen LogP contribution in [0.15, 0.2) is 12.1 Å². The van der Waals surface area contributed by atoms with E-state index in [1.54, 1.807) is 0 Å². The van der Waals surface area contributed by atoms with Crippen LogP contribution in [0.1, 0.15) is 22.8 Å². The van der Waals surface area contributed by atoms with Crippen molar-refractivity contribution in [1.82, 2.24) is 20.2 Å². The lowest BCUT2D eigenvalue weighted by molar-refractivity contribution is 0.938. The van der Waals surface area contributed by atoms with Gasteiger partial charge < -0.3 is 0 Å². The number of nitrogens with one attached hydrogen (secondary N) is 1. The van der Waals surface area contributed by atoms with Gasteiger partial charge >= 0.3 is 0 Å². The van der Waals surface area contributed by atoms with Gasteiger partial charge in [0.1, 0.15) is 0 Å². The lowest BCUT2D eigenvalue weighted by Crippen LogP contribution is -1.96. The van der Waals surface area contributed by atoms with Crippen molar-refractivity contribution >= 4 is 11.6 Å². The van der Waals surface area contributed by atoms with Gasteiger partial charge in [0.05, 0.1) is 11.4 Å². The Morgan fingerprint density at radius 3 is 2.60 bits per heavy atom. The van der Waals surface area contributed by atoms with Crippen LogP contribution < -0.4 is 0 Å². The number of hydrogen-bond acceptors (Lipinski definition) is 3. The standard InChI is InChI=1S/C10H11ClN4/c1-6-3-8(13-10(11)12-6)5-9-4-7(2)14-15-9/h3-4H,5H2,1-2H3,(H,14,15). The highest BCUT2D eigenvalue weighted by Crippen LogP contribution is 2.09. The topological polar surface area (TPSA) is 54.5 Å². The average Bonchev–Trinajstić information content (AvgIpc) is 2.49. The Morgan fingerprint density at radius 1 is 1.20 bits per heavy atom. The molecule has 5 heteroatoms. The summed E-state index contributed by atoms with van der Waals surface area (Å²) in [6.07, 6.45) is 0.674. The number of rotatable bonds is 2. The predicted octanol–water partition coefficient (Wildman–Crippen LogP) is 2.06. The van der Waals surface area contributed by atoms with E-state index in [4.69, 9.17) is 11.6 Å². The third-order valence-electron chi connectivity index (χ3n) is 2.00. The molecule has 15 heavy (non-hydrogen) atoms. The van der Waals surface area contributed by atoms with Gasteiger partial charge in [-0.1, -0.05) is 0 Å². The van der Waals surface area contributed by atoms with Gasteiger partial charge in [0.2, 0.25) is 5.28 Å². The number of aromatic amines is 1. The maximum atomic E-state index is 5.77. The maximum Gasteiger partial charge on any atom is 0.222 e. The zero-order valence-corrected chi connectivity index (χ0v) is 9.34. The molecular formula is C10H11ClN4. The Kier molecular flexibility index (Phi) is 2.68. The smallest absolute Gasteiger partial charge is 0.222 e. The molecule has 2 aromatic rings. The normalized spacial score (nSPS) is 10.6. The Labute approximate surface area is 92.7 Å². The molecule has 0 aromatic carbocycles. The van der Waals surface area contributed by atoms with Crippen molar-refractivity contribution in [3.8, 4) is 0 Å². The molecule has 0 aliphatic rings. The number of nitrogens with zero attached hydrogens (tertiary/aromatic N) is 3. The summed E-state index contributed by atoms with van der Waals surface area (Å²) in [5.74, 6) is 0. The summed E-state index contributed by atoms with van der Waals surface area (Å²) in [6, 6.07) is 3.90. The molecule has 2 heterocycles. The summed E-state index contributed by atoms with van der Waals surface area (Å²) in [4.78, 5) is 8.15. The predicted molar refractivity (Wildman–Crippen MR) is 57.9 cm³/mol. The highest BCUT2D eigenvalue weighted by Gasteiger charge is 2.04. The molecule has 0 aliphatic heterocycles. The first-order valence-corrected chi connectivity index (χ1v) is 5.02. The fourth-order valence-electron chi connectivity index (χ4n) is 1.44. The van der Waals surface area contributed by atoms with Gasteiger partial charge in [0.15, 0.2) is 0 Å². The summed E-state index contributed by atoms with van der Waals surface area (Å²) < 4.78 is 0. The zero-order valence-electron chi connectivity index (χ0n) is 8.58. The Bertz CT molecular complexity index is 458. The summed E-state index contributed by atoms with van der Waals surface area (Å²) in [6.45, 7) is 3.86. The van der Waals surface area contributed by atoms with Crippen molar-refractivity contribution in [3.05, 3.63) is 40.2 Å². The second-order valence-electron chi connectivity index (χ2n) is 3.49. The minimum atomic E-state index is 0.289. The van der Waals surface area contributed by atoms with E-state index < -0.39 is 0 Å². The number of halogens is 1. The number of aromatic nitrogens is 4. The van der Waals surface area contributed by atoms with Gasteiger partial charge in [0, 0.05) is 17.8 Å². The molecule has 0 spiro atoms. The molecule has 0 atom stereocenters. The van der Waals surface area contributed by atoms with E-state index in [1.165, 1.54) is 0 Å². The van der Waals surface area contributed by atoms with Crippen molar-refractivity contribution < 1.29 is 0 Å². The molecule has 4 nitrogen and oxygen atoms in total. The van der Waals surface area contributed by atoms with Crippen LogP contribution in [0.4, 0.5) is 0 Å². The third kappa shape index (κ3) is 2.53. The van der Waals surface area contributed by atoms with E-state index in [0.717, 1.165) is 22.8 Å². The SMILES string of the molecule is Cc1cc(Cc2cc(C)[nH]n2)nc(Cl)n1. The highest BCUT2D eigenvalue weighted by molar-refractivity contribution is 6.28. The fraction of sp³-hybridized carbons (Fsp3) is 0.300. The van der Waals surface area contributed by atoms with E-state index in [2.05, 4.69) is 20.2 Å². The van der Waals surface area contributed by atoms with Crippen molar-refractivity contribution in [3.63, 3.8) is 0 Å². The third-order valence-corrected chi connectivity index (χ3v) is 2.17. The Balaban J connectivity index is 2.24. The number of aryl methyl sites for hydroxylation is 2. The molecule has 0 saturated heterocycles. The van der Waals surface area contributed by atoms with Gasteiger partial charge in [0.25, 0.3) is 0 Å². The largest absolute Gasteiger partial charge is 0.283 e. The molecule has 2 aromatic heterocycles. The summed E-state index contributed by atoms with van der Waals surface area (Å²) in [5.41, 5.74) is 3.76. The van der Waals surface area contributed by atoms with Gasteiger partial charge in [-0.3, -0.25) is 5.10 Å². The first-order valence-electron chi connectivity index (χ1n) is 4.64. The van der Waals surface area contributed by atoms with Crippen LogP contribution in [-0.4, -0.2) is 20.2 Å². The van der Waals surface area contributed by atoms with Gasteiger partial charge in [-0.05, 0) is 37.6 Å². The first-order chi connectivity index (χ1) is 7.13. The second-order valence-corrected chi connectivity index (χ2v) is 3.83. The molecule has 2 rings (SSSR count). The molecule has 0 aliphatic carbocycles. The van der Waals surface area contributed by atoms with Crippen LogP contribution in [-0.2, 0) is 6.42 Å². The van der Waals surface area contributed by atoms with Gasteiger partial charge in [-0.15, -0.1) is 0 Å². The summed E-state index contributed by atoms with van der Waals surface area (Å²) in [5, 5.41) is 7.32. The summed E-state index contributed by atoms with van der Waals surface area (Å²) >= 11 is 5.77. The first kappa shape index (κ1) is 10.1. The molecule has 0 radical (unpaired) electrons. The highest BCUT2D eigenvalue weighted by atomic mass is 35.5. The minimum absolute atomic E-state index is 0.289.